The lowest BCUT2D eigenvalue weighted by atomic mass is 10.1. The second-order valence-electron chi connectivity index (χ2n) is 6.18. The number of nitrogens with zero attached hydrogens (tertiary/aromatic N) is 3. The Morgan fingerprint density at radius 1 is 1.30 bits per heavy atom. The molecular formula is C16H18Cl3F2N3O2S. The van der Waals surface area contributed by atoms with Crippen molar-refractivity contribution in [2.24, 2.45) is 7.05 Å². The highest BCUT2D eigenvalue weighted by Gasteiger charge is 2.31. The minimum atomic E-state index is -2.89. The number of carbonyl (C=O) groups is 1. The van der Waals surface area contributed by atoms with Crippen LogP contribution < -0.4 is 0 Å². The lowest BCUT2D eigenvalue weighted by Crippen LogP contribution is -2.41. The van der Waals surface area contributed by atoms with E-state index in [0.717, 1.165) is 16.4 Å². The van der Waals surface area contributed by atoms with Crippen LogP contribution in [0.25, 0.3) is 0 Å². The van der Waals surface area contributed by atoms with Gasteiger partial charge >= 0.3 is 0 Å². The number of aryl methyl sites for hydroxylation is 1. The Labute approximate surface area is 174 Å². The minimum absolute atomic E-state index is 0.222. The van der Waals surface area contributed by atoms with E-state index in [2.05, 4.69) is 5.10 Å². The van der Waals surface area contributed by atoms with Crippen molar-refractivity contribution < 1.29 is 18.4 Å². The average Bonchev–Trinajstić information content (AvgIpc) is 3.07. The summed E-state index contributed by atoms with van der Waals surface area (Å²) in [7, 11) is 1.46. The standard InChI is InChI=1S/C16H18Cl3F2N3O2S/c1-7(2)26-24(8(3)5-9-11(17)14(19)27-13(9)18)16(25)10-6-23(4)22-12(10)15(20)21/h6-8,15H,5H2,1-4H3. The first-order chi connectivity index (χ1) is 12.5. The Kier molecular flexibility index (Phi) is 7.49. The fraction of sp³-hybridized carbons (Fsp3) is 0.500. The second-order valence-corrected chi connectivity index (χ2v) is 8.79. The van der Waals surface area contributed by atoms with Gasteiger partial charge in [-0.1, -0.05) is 34.8 Å². The van der Waals surface area contributed by atoms with E-state index in [-0.39, 0.29) is 18.1 Å². The maximum Gasteiger partial charge on any atom is 0.282 e. The highest BCUT2D eigenvalue weighted by Crippen LogP contribution is 2.41. The fourth-order valence-corrected chi connectivity index (χ4v) is 4.41. The number of halogens is 5. The highest BCUT2D eigenvalue weighted by atomic mass is 35.5. The lowest BCUT2D eigenvalue weighted by molar-refractivity contribution is -0.172. The quantitative estimate of drug-likeness (QED) is 0.491. The normalized spacial score (nSPS) is 12.9. The number of carbonyl (C=O) groups excluding carboxylic acids is 1. The molecule has 2 rings (SSSR count). The van der Waals surface area contributed by atoms with Gasteiger partial charge in [-0.3, -0.25) is 14.3 Å². The van der Waals surface area contributed by atoms with Gasteiger partial charge < -0.3 is 0 Å². The Balaban J connectivity index is 2.35. The van der Waals surface area contributed by atoms with Gasteiger partial charge in [-0.25, -0.2) is 13.8 Å². The monoisotopic (exact) mass is 459 g/mol. The molecule has 1 atom stereocenters. The molecule has 2 aromatic heterocycles. The summed E-state index contributed by atoms with van der Waals surface area (Å²) < 4.78 is 28.4. The Hall–Kier alpha value is -0.930. The predicted molar refractivity (Wildman–Crippen MR) is 103 cm³/mol. The topological polar surface area (TPSA) is 47.4 Å². The number of thiophene rings is 1. The SMILES string of the molecule is CC(C)ON(C(=O)c1cn(C)nc1C(F)F)C(C)Cc1c(Cl)sc(Cl)c1Cl. The third-order valence-corrected chi connectivity index (χ3v) is 5.89. The lowest BCUT2D eigenvalue weighted by Gasteiger charge is -2.30. The third-order valence-electron chi connectivity index (χ3n) is 3.57. The minimum Gasteiger partial charge on any atom is -0.275 e. The number of amides is 1. The van der Waals surface area contributed by atoms with E-state index in [4.69, 9.17) is 39.6 Å². The molecule has 0 spiro atoms. The number of hydrogen-bond acceptors (Lipinski definition) is 4. The van der Waals surface area contributed by atoms with Crippen LogP contribution in [0.5, 0.6) is 0 Å². The maximum atomic E-state index is 13.2. The van der Waals surface area contributed by atoms with Gasteiger partial charge in [0.2, 0.25) is 0 Å². The van der Waals surface area contributed by atoms with Crippen LogP contribution in [0, 0.1) is 0 Å². The summed E-state index contributed by atoms with van der Waals surface area (Å²) in [6.45, 7) is 5.16. The molecule has 1 amide bonds. The van der Waals surface area contributed by atoms with Crippen LogP contribution in [0.4, 0.5) is 8.78 Å². The second kappa shape index (κ2) is 9.05. The molecule has 0 saturated heterocycles. The van der Waals surface area contributed by atoms with Gasteiger partial charge in [-0.15, -0.1) is 11.3 Å². The summed E-state index contributed by atoms with van der Waals surface area (Å²) in [5, 5.41) is 5.04. The van der Waals surface area contributed by atoms with Crippen LogP contribution in [0.3, 0.4) is 0 Å². The van der Waals surface area contributed by atoms with E-state index in [1.807, 2.05) is 0 Å². The van der Waals surface area contributed by atoms with Crippen molar-refractivity contribution in [1.82, 2.24) is 14.8 Å². The first-order valence-corrected chi connectivity index (χ1v) is 9.92. The van der Waals surface area contributed by atoms with Crippen LogP contribution in [0.15, 0.2) is 6.20 Å². The van der Waals surface area contributed by atoms with Crippen LogP contribution in [-0.2, 0) is 18.3 Å². The average molecular weight is 461 g/mol. The van der Waals surface area contributed by atoms with Crippen LogP contribution in [0.1, 0.15) is 48.8 Å². The van der Waals surface area contributed by atoms with E-state index in [9.17, 15) is 13.6 Å². The molecule has 5 nitrogen and oxygen atoms in total. The van der Waals surface area contributed by atoms with E-state index in [1.54, 1.807) is 20.8 Å². The molecule has 0 radical (unpaired) electrons. The van der Waals surface area contributed by atoms with Crippen LogP contribution in [-0.4, -0.2) is 32.9 Å². The molecule has 0 aromatic carbocycles. The molecule has 0 bridgehead atoms. The molecule has 150 valence electrons. The van der Waals surface area contributed by atoms with E-state index >= 15 is 0 Å². The summed E-state index contributed by atoms with van der Waals surface area (Å²) >= 11 is 19.5. The summed E-state index contributed by atoms with van der Waals surface area (Å²) in [6.07, 6.45) is -1.76. The molecule has 2 aromatic rings. The van der Waals surface area contributed by atoms with Crippen molar-refractivity contribution in [3.8, 4) is 0 Å². The van der Waals surface area contributed by atoms with Gasteiger partial charge in [0.25, 0.3) is 12.3 Å². The Bertz CT molecular complexity index is 826. The van der Waals surface area contributed by atoms with Crippen LogP contribution in [0.2, 0.25) is 13.7 Å². The molecule has 0 fully saturated rings. The zero-order valence-electron chi connectivity index (χ0n) is 15.0. The van der Waals surface area contributed by atoms with Crippen molar-refractivity contribution in [1.29, 1.82) is 0 Å². The smallest absolute Gasteiger partial charge is 0.275 e. The van der Waals surface area contributed by atoms with E-state index in [0.29, 0.717) is 19.3 Å². The summed E-state index contributed by atoms with van der Waals surface area (Å²) in [5.74, 6) is -0.715. The van der Waals surface area contributed by atoms with Gasteiger partial charge in [-0.2, -0.15) is 5.10 Å². The number of hydrogen-bond donors (Lipinski definition) is 0. The van der Waals surface area contributed by atoms with Gasteiger partial charge in [0, 0.05) is 18.8 Å². The first kappa shape index (κ1) is 22.4. The summed E-state index contributed by atoms with van der Waals surface area (Å²) in [6, 6.07) is -0.550. The molecule has 0 aliphatic heterocycles. The van der Waals surface area contributed by atoms with Crippen molar-refractivity contribution >= 4 is 52.0 Å². The molecule has 2 heterocycles. The number of rotatable bonds is 7. The summed E-state index contributed by atoms with van der Waals surface area (Å²) in [4.78, 5) is 18.6. The van der Waals surface area contributed by atoms with Gasteiger partial charge in [0.15, 0.2) is 0 Å². The number of hydroxylamine groups is 2. The zero-order valence-corrected chi connectivity index (χ0v) is 18.1. The Morgan fingerprint density at radius 3 is 2.41 bits per heavy atom. The molecule has 27 heavy (non-hydrogen) atoms. The van der Waals surface area contributed by atoms with Gasteiger partial charge in [0.05, 0.1) is 27.1 Å². The van der Waals surface area contributed by atoms with Crippen molar-refractivity contribution in [3.63, 3.8) is 0 Å². The van der Waals surface area contributed by atoms with Crippen molar-refractivity contribution in [2.75, 3.05) is 0 Å². The molecule has 0 aliphatic carbocycles. The van der Waals surface area contributed by atoms with Gasteiger partial charge in [-0.05, 0) is 27.2 Å². The Morgan fingerprint density at radius 2 is 1.93 bits per heavy atom. The first-order valence-electron chi connectivity index (χ1n) is 7.97. The predicted octanol–water partition coefficient (Wildman–Crippen LogP) is 5.79. The molecule has 11 heteroatoms. The molecular weight excluding hydrogens is 443 g/mol. The fourth-order valence-electron chi connectivity index (χ4n) is 2.47. The maximum absolute atomic E-state index is 13.2. The molecule has 0 saturated carbocycles. The molecule has 1 unspecified atom stereocenters. The number of alkyl halides is 2. The summed E-state index contributed by atoms with van der Waals surface area (Å²) in [5.41, 5.74) is -0.242. The largest absolute Gasteiger partial charge is 0.282 e. The van der Waals surface area contributed by atoms with Crippen LogP contribution >= 0.6 is 46.1 Å². The molecule has 0 aliphatic rings. The molecule has 0 N–H and O–H groups in total. The third kappa shape index (κ3) is 5.12. The van der Waals surface area contributed by atoms with Crippen molar-refractivity contribution in [3.05, 3.63) is 36.7 Å². The van der Waals surface area contributed by atoms with E-state index < -0.39 is 24.1 Å². The number of aromatic nitrogens is 2. The van der Waals surface area contributed by atoms with Crippen molar-refractivity contribution in [2.45, 2.75) is 45.8 Å². The highest BCUT2D eigenvalue weighted by molar-refractivity contribution is 7.20. The van der Waals surface area contributed by atoms with Gasteiger partial charge in [0.1, 0.15) is 10.0 Å². The van der Waals surface area contributed by atoms with E-state index in [1.165, 1.54) is 17.9 Å². The zero-order chi connectivity index (χ0) is 20.5.